The van der Waals surface area contributed by atoms with Crippen molar-refractivity contribution in [2.24, 2.45) is 5.10 Å². The largest absolute Gasteiger partial charge is 0.497 e. The first kappa shape index (κ1) is 14.9. The van der Waals surface area contributed by atoms with E-state index in [-0.39, 0.29) is 11.6 Å². The van der Waals surface area contributed by atoms with E-state index in [1.807, 2.05) is 6.07 Å². The zero-order valence-electron chi connectivity index (χ0n) is 12.1. The molecule has 0 amide bonds. The molecule has 0 bridgehead atoms. The highest BCUT2D eigenvalue weighted by atomic mass is 35.5. The summed E-state index contributed by atoms with van der Waals surface area (Å²) in [7, 11) is 1.59. The van der Waals surface area contributed by atoms with Gasteiger partial charge in [-0.3, -0.25) is 5.43 Å². The van der Waals surface area contributed by atoms with Gasteiger partial charge in [-0.25, -0.2) is 4.98 Å². The number of hydrogen-bond donors (Lipinski definition) is 1. The van der Waals surface area contributed by atoms with Gasteiger partial charge in [0.05, 0.1) is 12.8 Å². The SMILES string of the molecule is COc1ccc(N/N=C(\C#N)c2nc3cc(Cl)ccc3o2)cc1. The zero-order valence-corrected chi connectivity index (χ0v) is 12.8. The van der Waals surface area contributed by atoms with Crippen LogP contribution in [0.4, 0.5) is 5.69 Å². The molecule has 1 N–H and O–H groups in total. The Bertz CT molecular complexity index is 910. The average molecular weight is 327 g/mol. The number of rotatable bonds is 4. The van der Waals surface area contributed by atoms with Crippen molar-refractivity contribution in [3.05, 3.63) is 53.4 Å². The number of hydrazone groups is 1. The lowest BCUT2D eigenvalue weighted by molar-refractivity contribution is 0.415. The van der Waals surface area contributed by atoms with E-state index in [4.69, 9.17) is 20.8 Å². The molecule has 0 aliphatic heterocycles. The van der Waals surface area contributed by atoms with Crippen molar-refractivity contribution < 1.29 is 9.15 Å². The second kappa shape index (κ2) is 6.38. The van der Waals surface area contributed by atoms with Crippen molar-refractivity contribution >= 4 is 34.1 Å². The highest BCUT2D eigenvalue weighted by Crippen LogP contribution is 2.20. The number of nitrogens with one attached hydrogen (secondary N) is 1. The molecule has 0 atom stereocenters. The van der Waals surface area contributed by atoms with E-state index in [0.717, 1.165) is 5.75 Å². The highest BCUT2D eigenvalue weighted by molar-refractivity contribution is 6.31. The summed E-state index contributed by atoms with van der Waals surface area (Å²) in [5.74, 6) is 0.863. The van der Waals surface area contributed by atoms with Gasteiger partial charge in [-0.05, 0) is 42.5 Å². The molecule has 0 fully saturated rings. The molecule has 3 rings (SSSR count). The number of nitrogens with zero attached hydrogens (tertiary/aromatic N) is 3. The normalized spacial score (nSPS) is 11.3. The van der Waals surface area contributed by atoms with E-state index in [9.17, 15) is 5.26 Å². The van der Waals surface area contributed by atoms with Gasteiger partial charge in [0.25, 0.3) is 5.89 Å². The minimum atomic E-state index is 0.0353. The average Bonchev–Trinajstić information content (AvgIpc) is 2.99. The third kappa shape index (κ3) is 3.25. The standard InChI is InChI=1S/C16H11ClN4O2/c1-22-12-5-3-11(4-6-12)20-21-14(9-18)16-19-13-8-10(17)2-7-15(13)23-16/h2-8,20H,1H3/b21-14+. The van der Waals surface area contributed by atoms with E-state index in [2.05, 4.69) is 15.5 Å². The highest BCUT2D eigenvalue weighted by Gasteiger charge is 2.12. The number of fused-ring (bicyclic) bond motifs is 1. The fourth-order valence-electron chi connectivity index (χ4n) is 1.91. The number of oxazole rings is 1. The van der Waals surface area contributed by atoms with Gasteiger partial charge in [0, 0.05) is 5.02 Å². The summed E-state index contributed by atoms with van der Waals surface area (Å²) < 4.78 is 10.6. The molecule has 1 heterocycles. The molecule has 7 heteroatoms. The summed E-state index contributed by atoms with van der Waals surface area (Å²) in [5, 5.41) is 13.8. The van der Waals surface area contributed by atoms with Gasteiger partial charge in [-0.15, -0.1) is 0 Å². The summed E-state index contributed by atoms with van der Waals surface area (Å²) in [5.41, 5.74) is 4.63. The minimum Gasteiger partial charge on any atom is -0.497 e. The topological polar surface area (TPSA) is 83.4 Å². The van der Waals surface area contributed by atoms with Crippen LogP contribution in [0.1, 0.15) is 5.89 Å². The fourth-order valence-corrected chi connectivity index (χ4v) is 2.07. The van der Waals surface area contributed by atoms with E-state index >= 15 is 0 Å². The maximum atomic E-state index is 9.25. The predicted molar refractivity (Wildman–Crippen MR) is 87.8 cm³/mol. The second-order valence-electron chi connectivity index (χ2n) is 4.54. The molecule has 0 spiro atoms. The van der Waals surface area contributed by atoms with Gasteiger partial charge in [0.2, 0.25) is 5.71 Å². The van der Waals surface area contributed by atoms with Gasteiger partial charge >= 0.3 is 0 Å². The van der Waals surface area contributed by atoms with E-state index in [1.165, 1.54) is 0 Å². The number of anilines is 1. The summed E-state index contributed by atoms with van der Waals surface area (Å²) in [6.07, 6.45) is 0. The number of halogens is 1. The van der Waals surface area contributed by atoms with Crippen molar-refractivity contribution in [3.63, 3.8) is 0 Å². The van der Waals surface area contributed by atoms with E-state index in [1.54, 1.807) is 49.6 Å². The first-order chi connectivity index (χ1) is 11.2. The molecule has 23 heavy (non-hydrogen) atoms. The van der Waals surface area contributed by atoms with Crippen LogP contribution in [-0.4, -0.2) is 17.8 Å². The van der Waals surface area contributed by atoms with Crippen LogP contribution in [-0.2, 0) is 0 Å². The Balaban J connectivity index is 1.86. The maximum absolute atomic E-state index is 9.25. The van der Waals surface area contributed by atoms with Crippen LogP contribution in [0.15, 0.2) is 52.0 Å². The summed E-state index contributed by atoms with van der Waals surface area (Å²) in [4.78, 5) is 4.22. The zero-order chi connectivity index (χ0) is 16.2. The number of nitriles is 1. The lowest BCUT2D eigenvalue weighted by Gasteiger charge is -2.02. The number of ether oxygens (including phenoxy) is 1. The summed E-state index contributed by atoms with van der Waals surface area (Å²) in [6, 6.07) is 14.1. The Kier molecular flexibility index (Phi) is 4.13. The van der Waals surface area contributed by atoms with Gasteiger partial charge < -0.3 is 9.15 Å². The molecule has 114 valence electrons. The Morgan fingerprint density at radius 3 is 2.78 bits per heavy atom. The van der Waals surface area contributed by atoms with Crippen molar-refractivity contribution in [3.8, 4) is 11.8 Å². The lowest BCUT2D eigenvalue weighted by Crippen LogP contribution is -2.02. The minimum absolute atomic E-state index is 0.0353. The summed E-state index contributed by atoms with van der Waals surface area (Å²) >= 11 is 5.91. The molecule has 0 saturated carbocycles. The molecular weight excluding hydrogens is 316 g/mol. The maximum Gasteiger partial charge on any atom is 0.259 e. The first-order valence-electron chi connectivity index (χ1n) is 6.64. The number of aromatic nitrogens is 1. The van der Waals surface area contributed by atoms with Crippen molar-refractivity contribution in [2.45, 2.75) is 0 Å². The first-order valence-corrected chi connectivity index (χ1v) is 7.02. The van der Waals surface area contributed by atoms with Gasteiger partial charge in [-0.1, -0.05) is 11.6 Å². The fraction of sp³-hybridized carbons (Fsp3) is 0.0625. The Hall–Kier alpha value is -3.04. The van der Waals surface area contributed by atoms with Crippen LogP contribution in [0.2, 0.25) is 5.02 Å². The van der Waals surface area contributed by atoms with Crippen molar-refractivity contribution in [1.29, 1.82) is 5.26 Å². The van der Waals surface area contributed by atoms with Crippen LogP contribution in [0.25, 0.3) is 11.1 Å². The molecule has 0 unspecified atom stereocenters. The molecule has 1 aromatic heterocycles. The second-order valence-corrected chi connectivity index (χ2v) is 4.98. The summed E-state index contributed by atoms with van der Waals surface area (Å²) in [6.45, 7) is 0. The number of methoxy groups -OCH3 is 1. The molecule has 0 radical (unpaired) electrons. The molecule has 0 saturated heterocycles. The Morgan fingerprint density at radius 2 is 2.09 bits per heavy atom. The molecule has 2 aromatic carbocycles. The molecular formula is C16H11ClN4O2. The molecule has 6 nitrogen and oxygen atoms in total. The van der Waals surface area contributed by atoms with E-state index < -0.39 is 0 Å². The molecule has 0 aliphatic rings. The Morgan fingerprint density at radius 1 is 1.30 bits per heavy atom. The van der Waals surface area contributed by atoms with Crippen LogP contribution in [0.3, 0.4) is 0 Å². The van der Waals surface area contributed by atoms with Crippen LogP contribution in [0.5, 0.6) is 5.75 Å². The number of benzene rings is 2. The van der Waals surface area contributed by atoms with Gasteiger partial charge in [0.1, 0.15) is 17.3 Å². The third-order valence-corrected chi connectivity index (χ3v) is 3.28. The predicted octanol–water partition coefficient (Wildman–Crippen LogP) is 3.83. The lowest BCUT2D eigenvalue weighted by atomic mass is 10.3. The quantitative estimate of drug-likeness (QED) is 0.582. The molecule has 0 aliphatic carbocycles. The van der Waals surface area contributed by atoms with Crippen LogP contribution in [0, 0.1) is 11.3 Å². The van der Waals surface area contributed by atoms with Gasteiger partial charge in [-0.2, -0.15) is 10.4 Å². The van der Waals surface area contributed by atoms with Crippen LogP contribution < -0.4 is 10.2 Å². The Labute approximate surface area is 137 Å². The molecule has 3 aromatic rings. The third-order valence-electron chi connectivity index (χ3n) is 3.04. The van der Waals surface area contributed by atoms with Crippen molar-refractivity contribution in [1.82, 2.24) is 4.98 Å². The smallest absolute Gasteiger partial charge is 0.259 e. The van der Waals surface area contributed by atoms with E-state index in [0.29, 0.717) is 21.8 Å². The van der Waals surface area contributed by atoms with Crippen molar-refractivity contribution in [2.75, 3.05) is 12.5 Å². The number of hydrogen-bond acceptors (Lipinski definition) is 6. The van der Waals surface area contributed by atoms with Crippen LogP contribution >= 0.6 is 11.6 Å². The van der Waals surface area contributed by atoms with Gasteiger partial charge in [0.15, 0.2) is 5.58 Å². The monoisotopic (exact) mass is 326 g/mol.